The van der Waals surface area contributed by atoms with Gasteiger partial charge in [0.05, 0.1) is 0 Å². The monoisotopic (exact) mass is 262 g/mol. The lowest BCUT2D eigenvalue weighted by Crippen LogP contribution is -2.30. The van der Waals surface area contributed by atoms with Crippen molar-refractivity contribution in [2.45, 2.75) is 19.3 Å². The van der Waals surface area contributed by atoms with Gasteiger partial charge in [-0.1, -0.05) is 18.2 Å². The van der Waals surface area contributed by atoms with Crippen LogP contribution in [-0.2, 0) is 16.0 Å². The van der Waals surface area contributed by atoms with Crippen molar-refractivity contribution >= 4 is 17.6 Å². The van der Waals surface area contributed by atoms with E-state index in [1.165, 1.54) is 11.3 Å². The molecule has 19 heavy (non-hydrogen) atoms. The molecule has 102 valence electrons. The van der Waals surface area contributed by atoms with E-state index in [0.29, 0.717) is 6.42 Å². The van der Waals surface area contributed by atoms with Crippen molar-refractivity contribution in [3.8, 4) is 0 Å². The third-order valence-corrected chi connectivity index (χ3v) is 3.25. The van der Waals surface area contributed by atoms with Crippen LogP contribution >= 0.6 is 0 Å². The predicted octanol–water partition coefficient (Wildman–Crippen LogP) is 1.03. The van der Waals surface area contributed by atoms with Gasteiger partial charge in [0.25, 0.3) is 0 Å². The van der Waals surface area contributed by atoms with E-state index in [2.05, 4.69) is 22.3 Å². The Labute approximate surface area is 112 Å². The van der Waals surface area contributed by atoms with Crippen LogP contribution < -0.4 is 10.2 Å². The van der Waals surface area contributed by atoms with E-state index in [9.17, 15) is 9.59 Å². The molecule has 0 aliphatic carbocycles. The second-order valence-electron chi connectivity index (χ2n) is 4.64. The maximum absolute atomic E-state index is 11.4. The molecule has 0 unspecified atom stereocenters. The highest BCUT2D eigenvalue weighted by Crippen LogP contribution is 2.27. The van der Waals surface area contributed by atoms with Crippen LogP contribution in [0.25, 0.3) is 0 Å². The fourth-order valence-electron chi connectivity index (χ4n) is 2.33. The second kappa shape index (κ2) is 6.22. The molecule has 0 atom stereocenters. The number of benzene rings is 1. The fourth-order valence-corrected chi connectivity index (χ4v) is 2.33. The van der Waals surface area contributed by atoms with E-state index < -0.39 is 5.97 Å². The summed E-state index contributed by atoms with van der Waals surface area (Å²) < 4.78 is 0. The molecular formula is C14H18N2O3. The lowest BCUT2D eigenvalue weighted by Gasteiger charge is -2.18. The minimum atomic E-state index is -1.01. The van der Waals surface area contributed by atoms with E-state index in [-0.39, 0.29) is 12.5 Å². The summed E-state index contributed by atoms with van der Waals surface area (Å²) in [5, 5.41) is 10.8. The van der Waals surface area contributed by atoms with E-state index in [1.807, 2.05) is 12.1 Å². The maximum Gasteiger partial charge on any atom is 0.322 e. The zero-order valence-corrected chi connectivity index (χ0v) is 10.8. The molecule has 0 spiro atoms. The number of carboxylic acid groups (broad SMARTS) is 1. The van der Waals surface area contributed by atoms with Crippen molar-refractivity contribution < 1.29 is 14.7 Å². The summed E-state index contributed by atoms with van der Waals surface area (Å²) in [6.45, 7) is 1.53. The molecule has 0 saturated carbocycles. The molecule has 1 aromatic rings. The van der Waals surface area contributed by atoms with Crippen molar-refractivity contribution in [2.24, 2.45) is 0 Å². The summed E-state index contributed by atoms with van der Waals surface area (Å²) in [5.74, 6) is -1.21. The van der Waals surface area contributed by atoms with Crippen LogP contribution in [0.1, 0.15) is 18.4 Å². The van der Waals surface area contributed by atoms with Crippen LogP contribution in [0.5, 0.6) is 0 Å². The maximum atomic E-state index is 11.4. The number of aliphatic carboxylic acids is 1. The third kappa shape index (κ3) is 3.71. The molecule has 2 rings (SSSR count). The van der Waals surface area contributed by atoms with Gasteiger partial charge in [0, 0.05) is 25.2 Å². The van der Waals surface area contributed by atoms with Gasteiger partial charge in [0.2, 0.25) is 5.91 Å². The quantitative estimate of drug-likeness (QED) is 0.803. The summed E-state index contributed by atoms with van der Waals surface area (Å²) in [7, 11) is 0. The number of fused-ring (bicyclic) bond motifs is 1. The van der Waals surface area contributed by atoms with Crippen molar-refractivity contribution in [1.29, 1.82) is 0 Å². The van der Waals surface area contributed by atoms with Gasteiger partial charge in [-0.25, -0.2) is 0 Å². The van der Waals surface area contributed by atoms with Gasteiger partial charge in [-0.3, -0.25) is 9.59 Å². The Kier molecular flexibility index (Phi) is 4.39. The zero-order chi connectivity index (χ0) is 13.7. The average molecular weight is 262 g/mol. The lowest BCUT2D eigenvalue weighted by atomic mass is 10.2. The second-order valence-corrected chi connectivity index (χ2v) is 4.64. The Morgan fingerprint density at radius 2 is 2.11 bits per heavy atom. The molecule has 0 bridgehead atoms. The number of nitrogens with one attached hydrogen (secondary N) is 1. The summed E-state index contributed by atoms with van der Waals surface area (Å²) in [5.41, 5.74) is 2.62. The Morgan fingerprint density at radius 1 is 1.32 bits per heavy atom. The summed E-state index contributed by atoms with van der Waals surface area (Å²) >= 11 is 0. The molecule has 2 N–H and O–H groups in total. The lowest BCUT2D eigenvalue weighted by molar-refractivity contribution is -0.137. The topological polar surface area (TPSA) is 69.6 Å². The first-order valence-electron chi connectivity index (χ1n) is 6.48. The Balaban J connectivity index is 1.72. The minimum Gasteiger partial charge on any atom is -0.480 e. The first-order valence-corrected chi connectivity index (χ1v) is 6.48. The van der Waals surface area contributed by atoms with Crippen LogP contribution in [0, 0.1) is 0 Å². The third-order valence-electron chi connectivity index (χ3n) is 3.25. The number of hydrogen-bond donors (Lipinski definition) is 2. The number of carboxylic acids is 1. The summed E-state index contributed by atoms with van der Waals surface area (Å²) in [6, 6.07) is 8.31. The molecular weight excluding hydrogens is 244 g/mol. The van der Waals surface area contributed by atoms with Crippen LogP contribution in [0.15, 0.2) is 24.3 Å². The van der Waals surface area contributed by atoms with E-state index in [4.69, 9.17) is 5.11 Å². The average Bonchev–Trinajstić information content (AvgIpc) is 2.80. The number of amides is 1. The highest BCUT2D eigenvalue weighted by molar-refractivity contribution is 5.81. The van der Waals surface area contributed by atoms with Crippen LogP contribution in [0.2, 0.25) is 0 Å². The van der Waals surface area contributed by atoms with Crippen molar-refractivity contribution in [1.82, 2.24) is 5.32 Å². The highest BCUT2D eigenvalue weighted by atomic mass is 16.4. The number of anilines is 1. The SMILES string of the molecule is O=C(O)CNC(=O)CCCN1CCc2ccccc21. The van der Waals surface area contributed by atoms with Crippen molar-refractivity contribution in [3.05, 3.63) is 29.8 Å². The van der Waals surface area contributed by atoms with E-state index in [0.717, 1.165) is 25.9 Å². The predicted molar refractivity (Wildman–Crippen MR) is 72.2 cm³/mol. The first-order chi connectivity index (χ1) is 9.16. The van der Waals surface area contributed by atoms with Gasteiger partial charge >= 0.3 is 5.97 Å². The molecule has 0 radical (unpaired) electrons. The Hall–Kier alpha value is -2.04. The van der Waals surface area contributed by atoms with Crippen molar-refractivity contribution in [2.75, 3.05) is 24.5 Å². The van der Waals surface area contributed by atoms with Crippen molar-refractivity contribution in [3.63, 3.8) is 0 Å². The van der Waals surface area contributed by atoms with Crippen LogP contribution in [0.3, 0.4) is 0 Å². The molecule has 1 aliphatic rings. The molecule has 1 aromatic carbocycles. The van der Waals surface area contributed by atoms with Crippen LogP contribution in [0.4, 0.5) is 5.69 Å². The van der Waals surface area contributed by atoms with Crippen LogP contribution in [-0.4, -0.2) is 36.6 Å². The molecule has 0 saturated heterocycles. The number of carbonyl (C=O) groups excluding carboxylic acids is 1. The normalized spacial score (nSPS) is 13.2. The van der Waals surface area contributed by atoms with Gasteiger partial charge in [0.1, 0.15) is 6.54 Å². The zero-order valence-electron chi connectivity index (χ0n) is 10.8. The Bertz CT molecular complexity index is 474. The molecule has 1 amide bonds. The molecule has 5 heteroatoms. The molecule has 0 fully saturated rings. The van der Waals surface area contributed by atoms with Gasteiger partial charge in [0.15, 0.2) is 0 Å². The van der Waals surface area contributed by atoms with Gasteiger partial charge in [-0.15, -0.1) is 0 Å². The highest BCUT2D eigenvalue weighted by Gasteiger charge is 2.17. The first kappa shape index (κ1) is 13.4. The van der Waals surface area contributed by atoms with Gasteiger partial charge in [-0.05, 0) is 24.5 Å². The molecule has 0 aromatic heterocycles. The largest absolute Gasteiger partial charge is 0.480 e. The van der Waals surface area contributed by atoms with E-state index in [1.54, 1.807) is 0 Å². The van der Waals surface area contributed by atoms with Gasteiger partial charge in [-0.2, -0.15) is 0 Å². The standard InChI is InChI=1S/C14H18N2O3/c17-13(15-10-14(18)19)6-3-8-16-9-7-11-4-1-2-5-12(11)16/h1-2,4-5H,3,6-10H2,(H,15,17)(H,18,19). The summed E-state index contributed by atoms with van der Waals surface area (Å²) in [4.78, 5) is 24.0. The molecule has 5 nitrogen and oxygen atoms in total. The van der Waals surface area contributed by atoms with E-state index >= 15 is 0 Å². The Morgan fingerprint density at radius 3 is 2.89 bits per heavy atom. The number of rotatable bonds is 6. The fraction of sp³-hybridized carbons (Fsp3) is 0.429. The molecule has 1 aliphatic heterocycles. The number of carbonyl (C=O) groups is 2. The number of hydrogen-bond acceptors (Lipinski definition) is 3. The smallest absolute Gasteiger partial charge is 0.322 e. The minimum absolute atomic E-state index is 0.199. The number of nitrogens with zero attached hydrogens (tertiary/aromatic N) is 1. The number of para-hydroxylation sites is 1. The summed E-state index contributed by atoms with van der Waals surface area (Å²) in [6.07, 6.45) is 2.16. The molecule has 1 heterocycles. The van der Waals surface area contributed by atoms with Gasteiger partial charge < -0.3 is 15.3 Å².